The number of nitrogens with zero attached hydrogens (tertiary/aromatic N) is 1. The molecule has 24 heavy (non-hydrogen) atoms. The number of likely N-dealkylation sites (tertiary alicyclic amines) is 1. The van der Waals surface area contributed by atoms with E-state index in [1.807, 2.05) is 12.1 Å². The lowest BCUT2D eigenvalue weighted by Gasteiger charge is -2.32. The van der Waals surface area contributed by atoms with Crippen LogP contribution < -0.4 is 10.1 Å². The maximum atomic E-state index is 12.4. The van der Waals surface area contributed by atoms with E-state index in [4.69, 9.17) is 9.15 Å². The summed E-state index contributed by atoms with van der Waals surface area (Å²) in [5, 5.41) is 3.03. The molecule has 2 aromatic rings. The molecule has 1 aliphatic heterocycles. The third kappa shape index (κ3) is 3.42. The summed E-state index contributed by atoms with van der Waals surface area (Å²) in [6.45, 7) is 1.22. The average molecular weight is 328 g/mol. The predicted octanol–water partition coefficient (Wildman–Crippen LogP) is 2.32. The highest BCUT2D eigenvalue weighted by molar-refractivity contribution is 5.97. The molecular weight excluding hydrogens is 308 g/mol. The molecule has 2 amide bonds. The summed E-state index contributed by atoms with van der Waals surface area (Å²) in [5.41, 5.74) is 1.09. The van der Waals surface area contributed by atoms with Crippen LogP contribution in [0.2, 0.25) is 0 Å². The van der Waals surface area contributed by atoms with Crippen LogP contribution in [0.1, 0.15) is 33.6 Å². The first-order chi connectivity index (χ1) is 11.7. The number of amides is 2. The summed E-state index contributed by atoms with van der Waals surface area (Å²) in [4.78, 5) is 26.5. The Labute approximate surface area is 140 Å². The van der Waals surface area contributed by atoms with Gasteiger partial charge in [0.05, 0.1) is 24.5 Å². The minimum absolute atomic E-state index is 0.0294. The van der Waals surface area contributed by atoms with E-state index in [9.17, 15) is 9.59 Å². The number of rotatable bonds is 4. The van der Waals surface area contributed by atoms with E-state index in [0.29, 0.717) is 30.0 Å². The number of hydrogen-bond donors (Lipinski definition) is 1. The molecule has 0 spiro atoms. The van der Waals surface area contributed by atoms with Crippen LogP contribution in [0.4, 0.5) is 0 Å². The number of benzene rings is 1. The molecule has 1 fully saturated rings. The molecule has 0 radical (unpaired) electrons. The average Bonchev–Trinajstić information content (AvgIpc) is 3.16. The van der Waals surface area contributed by atoms with Crippen molar-refractivity contribution < 1.29 is 18.7 Å². The van der Waals surface area contributed by atoms with Gasteiger partial charge >= 0.3 is 0 Å². The van der Waals surface area contributed by atoms with Gasteiger partial charge in [0.15, 0.2) is 0 Å². The van der Waals surface area contributed by atoms with Crippen LogP contribution in [0.3, 0.4) is 0 Å². The highest BCUT2D eigenvalue weighted by Gasteiger charge is 2.25. The van der Waals surface area contributed by atoms with E-state index in [-0.39, 0.29) is 17.9 Å². The third-order valence-corrected chi connectivity index (χ3v) is 4.24. The van der Waals surface area contributed by atoms with Crippen LogP contribution in [-0.2, 0) is 0 Å². The van der Waals surface area contributed by atoms with Crippen LogP contribution >= 0.6 is 0 Å². The van der Waals surface area contributed by atoms with E-state index >= 15 is 0 Å². The number of carbonyl (C=O) groups is 2. The Morgan fingerprint density at radius 3 is 2.62 bits per heavy atom. The van der Waals surface area contributed by atoms with Gasteiger partial charge in [-0.2, -0.15) is 0 Å². The molecule has 1 aromatic carbocycles. The Bertz CT molecular complexity index is 704. The molecule has 2 heterocycles. The van der Waals surface area contributed by atoms with Crippen molar-refractivity contribution in [2.24, 2.45) is 0 Å². The van der Waals surface area contributed by atoms with Gasteiger partial charge < -0.3 is 19.4 Å². The summed E-state index contributed by atoms with van der Waals surface area (Å²) < 4.78 is 10.2. The van der Waals surface area contributed by atoms with Gasteiger partial charge in [0.2, 0.25) is 0 Å². The van der Waals surface area contributed by atoms with Gasteiger partial charge in [-0.1, -0.05) is 12.1 Å². The van der Waals surface area contributed by atoms with Gasteiger partial charge in [0, 0.05) is 19.1 Å². The Morgan fingerprint density at radius 1 is 1.21 bits per heavy atom. The first-order valence-electron chi connectivity index (χ1n) is 7.94. The van der Waals surface area contributed by atoms with Crippen LogP contribution in [0.5, 0.6) is 5.75 Å². The molecule has 126 valence electrons. The summed E-state index contributed by atoms with van der Waals surface area (Å²) in [6.07, 6.45) is 4.40. The number of ether oxygens (including phenoxy) is 1. The number of piperidine rings is 1. The molecule has 6 nitrogen and oxygen atoms in total. The summed E-state index contributed by atoms with van der Waals surface area (Å²) in [6, 6.07) is 8.86. The summed E-state index contributed by atoms with van der Waals surface area (Å²) in [7, 11) is 1.55. The molecular formula is C18H20N2O4. The topological polar surface area (TPSA) is 71.8 Å². The fraction of sp³-hybridized carbons (Fsp3) is 0.333. The number of para-hydroxylation sites is 1. The molecule has 1 N–H and O–H groups in total. The lowest BCUT2D eigenvalue weighted by Crippen LogP contribution is -2.46. The van der Waals surface area contributed by atoms with Crippen LogP contribution in [0.15, 0.2) is 47.3 Å². The molecule has 0 atom stereocenters. The van der Waals surface area contributed by atoms with Crippen LogP contribution in [0.25, 0.3) is 0 Å². The molecule has 0 aliphatic carbocycles. The first kappa shape index (κ1) is 16.1. The van der Waals surface area contributed by atoms with E-state index in [2.05, 4.69) is 5.32 Å². The Morgan fingerprint density at radius 2 is 1.96 bits per heavy atom. The van der Waals surface area contributed by atoms with Crippen molar-refractivity contribution in [3.63, 3.8) is 0 Å². The molecule has 0 saturated carbocycles. The van der Waals surface area contributed by atoms with Crippen molar-refractivity contribution in [3.8, 4) is 5.75 Å². The predicted molar refractivity (Wildman–Crippen MR) is 88.1 cm³/mol. The van der Waals surface area contributed by atoms with Crippen molar-refractivity contribution in [2.75, 3.05) is 20.2 Å². The number of hydrogen-bond acceptors (Lipinski definition) is 4. The fourth-order valence-electron chi connectivity index (χ4n) is 2.89. The molecule has 0 unspecified atom stereocenters. The highest BCUT2D eigenvalue weighted by atomic mass is 16.5. The number of carbonyl (C=O) groups excluding carboxylic acids is 2. The number of nitrogens with one attached hydrogen (secondary N) is 1. The monoisotopic (exact) mass is 328 g/mol. The normalized spacial score (nSPS) is 15.1. The molecule has 1 saturated heterocycles. The third-order valence-electron chi connectivity index (χ3n) is 4.24. The lowest BCUT2D eigenvalue weighted by molar-refractivity contribution is 0.0697. The number of furan rings is 1. The van der Waals surface area contributed by atoms with Gasteiger partial charge in [-0.15, -0.1) is 0 Å². The minimum atomic E-state index is -0.146. The quantitative estimate of drug-likeness (QED) is 0.935. The second-order valence-corrected chi connectivity index (χ2v) is 5.75. The zero-order valence-electron chi connectivity index (χ0n) is 13.5. The van der Waals surface area contributed by atoms with E-state index in [1.165, 1.54) is 12.5 Å². The molecule has 1 aliphatic rings. The van der Waals surface area contributed by atoms with Crippen molar-refractivity contribution >= 4 is 11.8 Å². The Hall–Kier alpha value is -2.76. The molecule has 6 heteroatoms. The lowest BCUT2D eigenvalue weighted by atomic mass is 10.0. The highest BCUT2D eigenvalue weighted by Crippen LogP contribution is 2.19. The second kappa shape index (κ2) is 7.21. The van der Waals surface area contributed by atoms with Gasteiger partial charge in [0.25, 0.3) is 11.8 Å². The zero-order valence-corrected chi connectivity index (χ0v) is 13.5. The van der Waals surface area contributed by atoms with Crippen molar-refractivity contribution in [2.45, 2.75) is 18.9 Å². The van der Waals surface area contributed by atoms with Crippen molar-refractivity contribution in [1.29, 1.82) is 0 Å². The van der Waals surface area contributed by atoms with Gasteiger partial charge in [-0.3, -0.25) is 9.59 Å². The smallest absolute Gasteiger partial charge is 0.257 e. The minimum Gasteiger partial charge on any atom is -0.496 e. The fourth-order valence-corrected chi connectivity index (χ4v) is 2.89. The maximum Gasteiger partial charge on any atom is 0.257 e. The Balaban J connectivity index is 1.55. The molecule has 3 rings (SSSR count). The van der Waals surface area contributed by atoms with Gasteiger partial charge in [-0.05, 0) is 31.0 Å². The second-order valence-electron chi connectivity index (χ2n) is 5.75. The zero-order chi connectivity index (χ0) is 16.9. The van der Waals surface area contributed by atoms with Crippen molar-refractivity contribution in [3.05, 3.63) is 54.0 Å². The SMILES string of the molecule is COc1ccccc1C(=O)NC1CCN(C(=O)c2ccoc2)CC1. The maximum absolute atomic E-state index is 12.4. The largest absolute Gasteiger partial charge is 0.496 e. The van der Waals surface area contributed by atoms with Crippen molar-refractivity contribution in [1.82, 2.24) is 10.2 Å². The summed E-state index contributed by atoms with van der Waals surface area (Å²) in [5.74, 6) is 0.382. The number of methoxy groups -OCH3 is 1. The van der Waals surface area contributed by atoms with Gasteiger partial charge in [0.1, 0.15) is 12.0 Å². The van der Waals surface area contributed by atoms with Gasteiger partial charge in [-0.25, -0.2) is 0 Å². The first-order valence-corrected chi connectivity index (χ1v) is 7.94. The van der Waals surface area contributed by atoms with E-state index < -0.39 is 0 Å². The Kier molecular flexibility index (Phi) is 4.84. The van der Waals surface area contributed by atoms with Crippen LogP contribution in [0, 0.1) is 0 Å². The van der Waals surface area contributed by atoms with E-state index in [0.717, 1.165) is 12.8 Å². The molecule has 0 bridgehead atoms. The molecule has 1 aromatic heterocycles. The van der Waals surface area contributed by atoms with Crippen LogP contribution in [-0.4, -0.2) is 43.0 Å². The van der Waals surface area contributed by atoms with E-state index in [1.54, 1.807) is 30.2 Å². The summed E-state index contributed by atoms with van der Waals surface area (Å²) >= 11 is 0. The standard InChI is InChI=1S/C18H20N2O4/c1-23-16-5-3-2-4-15(16)17(21)19-14-6-9-20(10-7-14)18(22)13-8-11-24-12-13/h2-5,8,11-12,14H,6-7,9-10H2,1H3,(H,19,21).